The lowest BCUT2D eigenvalue weighted by Gasteiger charge is -2.38. The highest BCUT2D eigenvalue weighted by Gasteiger charge is 2.28. The Balaban J connectivity index is 2.04. The number of nitrogens with one attached hydrogen (secondary N) is 1. The minimum atomic E-state index is -0.0785. The predicted molar refractivity (Wildman–Crippen MR) is 65.7 cm³/mol. The number of anilines is 1. The molecule has 1 aromatic heterocycles. The zero-order chi connectivity index (χ0) is 12.3. The number of piperidine rings is 1. The molecule has 0 saturated carbocycles. The molecule has 92 valence electrons. The van der Waals surface area contributed by atoms with Crippen LogP contribution in [0.25, 0.3) is 0 Å². The van der Waals surface area contributed by atoms with Crippen LogP contribution in [0.3, 0.4) is 0 Å². The SMILES string of the molecule is CC1CCCC(C)N1C(=O)Nc1cnccn1. The monoisotopic (exact) mass is 234 g/mol. The molecule has 2 atom stereocenters. The van der Waals surface area contributed by atoms with Gasteiger partial charge in [-0.05, 0) is 33.1 Å². The van der Waals surface area contributed by atoms with Crippen LogP contribution < -0.4 is 5.32 Å². The summed E-state index contributed by atoms with van der Waals surface area (Å²) in [6, 6.07) is 0.496. The number of carbonyl (C=O) groups excluding carboxylic acids is 1. The second-order valence-electron chi connectivity index (χ2n) is 4.56. The standard InChI is InChI=1S/C12H18N4O/c1-9-4-3-5-10(2)16(9)12(17)15-11-8-13-6-7-14-11/h6-10H,3-5H2,1-2H3,(H,14,15,17). The summed E-state index contributed by atoms with van der Waals surface area (Å²) in [7, 11) is 0. The van der Waals surface area contributed by atoms with Crippen molar-refractivity contribution in [2.75, 3.05) is 5.32 Å². The number of rotatable bonds is 1. The topological polar surface area (TPSA) is 58.1 Å². The Bertz CT molecular complexity index is 371. The minimum Gasteiger partial charge on any atom is -0.319 e. The number of urea groups is 1. The number of carbonyl (C=O) groups is 1. The summed E-state index contributed by atoms with van der Waals surface area (Å²) >= 11 is 0. The Hall–Kier alpha value is -1.65. The maximum Gasteiger partial charge on any atom is 0.323 e. The van der Waals surface area contributed by atoms with Crippen molar-refractivity contribution in [3.8, 4) is 0 Å². The van der Waals surface area contributed by atoms with Crippen LogP contribution in [0, 0.1) is 0 Å². The van der Waals surface area contributed by atoms with E-state index >= 15 is 0 Å². The molecular weight excluding hydrogens is 216 g/mol. The van der Waals surface area contributed by atoms with Gasteiger partial charge in [-0.1, -0.05) is 0 Å². The van der Waals surface area contributed by atoms with Crippen LogP contribution in [-0.2, 0) is 0 Å². The molecule has 0 spiro atoms. The highest BCUT2D eigenvalue weighted by molar-refractivity contribution is 5.88. The molecule has 1 aromatic rings. The summed E-state index contributed by atoms with van der Waals surface area (Å²) in [5.41, 5.74) is 0. The summed E-state index contributed by atoms with van der Waals surface area (Å²) in [6.45, 7) is 4.18. The van der Waals surface area contributed by atoms with E-state index in [0.717, 1.165) is 12.8 Å². The van der Waals surface area contributed by atoms with E-state index in [1.807, 2.05) is 4.90 Å². The average Bonchev–Trinajstić information content (AvgIpc) is 2.30. The van der Waals surface area contributed by atoms with Gasteiger partial charge >= 0.3 is 6.03 Å². The smallest absolute Gasteiger partial charge is 0.319 e. The Morgan fingerprint density at radius 3 is 2.65 bits per heavy atom. The fourth-order valence-electron chi connectivity index (χ4n) is 2.36. The molecule has 2 rings (SSSR count). The van der Waals surface area contributed by atoms with Gasteiger partial charge in [0.15, 0.2) is 5.82 Å². The molecule has 1 N–H and O–H groups in total. The molecule has 0 aliphatic carbocycles. The van der Waals surface area contributed by atoms with E-state index in [4.69, 9.17) is 0 Å². The van der Waals surface area contributed by atoms with Crippen LogP contribution in [0.15, 0.2) is 18.6 Å². The van der Waals surface area contributed by atoms with E-state index in [1.165, 1.54) is 6.42 Å². The van der Waals surface area contributed by atoms with Crippen LogP contribution >= 0.6 is 0 Å². The third-order valence-corrected chi connectivity index (χ3v) is 3.23. The average molecular weight is 234 g/mol. The number of hydrogen-bond donors (Lipinski definition) is 1. The lowest BCUT2D eigenvalue weighted by molar-refractivity contribution is 0.133. The second kappa shape index (κ2) is 5.12. The first-order valence-corrected chi connectivity index (χ1v) is 6.04. The highest BCUT2D eigenvalue weighted by atomic mass is 16.2. The number of likely N-dealkylation sites (tertiary alicyclic amines) is 1. The van der Waals surface area contributed by atoms with Gasteiger partial charge in [0.05, 0.1) is 6.20 Å². The third-order valence-electron chi connectivity index (χ3n) is 3.23. The van der Waals surface area contributed by atoms with Gasteiger partial charge in [0, 0.05) is 24.5 Å². The van der Waals surface area contributed by atoms with Gasteiger partial charge in [0.1, 0.15) is 0 Å². The summed E-state index contributed by atoms with van der Waals surface area (Å²) < 4.78 is 0. The van der Waals surface area contributed by atoms with E-state index < -0.39 is 0 Å². The predicted octanol–water partition coefficient (Wildman–Crippen LogP) is 2.27. The molecule has 17 heavy (non-hydrogen) atoms. The van der Waals surface area contributed by atoms with E-state index in [9.17, 15) is 4.79 Å². The lowest BCUT2D eigenvalue weighted by Crippen LogP contribution is -2.49. The molecule has 5 heteroatoms. The highest BCUT2D eigenvalue weighted by Crippen LogP contribution is 2.23. The molecule has 2 amide bonds. The van der Waals surface area contributed by atoms with Crippen LogP contribution in [0.1, 0.15) is 33.1 Å². The molecule has 1 aliphatic rings. The molecule has 0 bridgehead atoms. The Morgan fingerprint density at radius 2 is 2.06 bits per heavy atom. The van der Waals surface area contributed by atoms with Crippen molar-refractivity contribution in [2.24, 2.45) is 0 Å². The zero-order valence-corrected chi connectivity index (χ0v) is 10.3. The van der Waals surface area contributed by atoms with Gasteiger partial charge in [-0.3, -0.25) is 10.3 Å². The van der Waals surface area contributed by atoms with Gasteiger partial charge < -0.3 is 4.90 Å². The lowest BCUT2D eigenvalue weighted by atomic mass is 9.98. The van der Waals surface area contributed by atoms with Gasteiger partial charge in [-0.15, -0.1) is 0 Å². The van der Waals surface area contributed by atoms with Crippen molar-refractivity contribution in [3.63, 3.8) is 0 Å². The van der Waals surface area contributed by atoms with E-state index in [-0.39, 0.29) is 18.1 Å². The molecule has 2 unspecified atom stereocenters. The summed E-state index contributed by atoms with van der Waals surface area (Å²) in [5.74, 6) is 0.502. The fraction of sp³-hybridized carbons (Fsp3) is 0.583. The molecule has 0 radical (unpaired) electrons. The minimum absolute atomic E-state index is 0.0785. The number of aromatic nitrogens is 2. The first kappa shape index (κ1) is 11.8. The van der Waals surface area contributed by atoms with Crippen molar-refractivity contribution in [1.82, 2.24) is 14.9 Å². The number of amides is 2. The van der Waals surface area contributed by atoms with Crippen molar-refractivity contribution < 1.29 is 4.79 Å². The summed E-state index contributed by atoms with van der Waals surface area (Å²) in [5, 5.41) is 2.79. The largest absolute Gasteiger partial charge is 0.323 e. The van der Waals surface area contributed by atoms with Crippen LogP contribution in [0.2, 0.25) is 0 Å². The molecular formula is C12H18N4O. The quantitative estimate of drug-likeness (QED) is 0.811. The van der Waals surface area contributed by atoms with Crippen molar-refractivity contribution >= 4 is 11.8 Å². The second-order valence-corrected chi connectivity index (χ2v) is 4.56. The normalized spacial score (nSPS) is 24.5. The molecule has 5 nitrogen and oxygen atoms in total. The molecule has 1 saturated heterocycles. The fourth-order valence-corrected chi connectivity index (χ4v) is 2.36. The van der Waals surface area contributed by atoms with Gasteiger partial charge in [0.25, 0.3) is 0 Å². The van der Waals surface area contributed by atoms with Crippen LogP contribution in [0.4, 0.5) is 10.6 Å². The van der Waals surface area contributed by atoms with Crippen LogP contribution in [0.5, 0.6) is 0 Å². The maximum absolute atomic E-state index is 12.1. The summed E-state index contributed by atoms with van der Waals surface area (Å²) in [6.07, 6.45) is 8.03. The van der Waals surface area contributed by atoms with E-state index in [2.05, 4.69) is 29.1 Å². The summed E-state index contributed by atoms with van der Waals surface area (Å²) in [4.78, 5) is 22.0. The van der Waals surface area contributed by atoms with Crippen molar-refractivity contribution in [3.05, 3.63) is 18.6 Å². The van der Waals surface area contributed by atoms with Gasteiger partial charge in [-0.2, -0.15) is 0 Å². The Labute approximate surface area is 101 Å². The van der Waals surface area contributed by atoms with Gasteiger partial charge in [-0.25, -0.2) is 9.78 Å². The molecule has 1 fully saturated rings. The Morgan fingerprint density at radius 1 is 1.35 bits per heavy atom. The van der Waals surface area contributed by atoms with E-state index in [1.54, 1.807) is 18.6 Å². The van der Waals surface area contributed by atoms with Crippen molar-refractivity contribution in [2.45, 2.75) is 45.2 Å². The number of nitrogens with zero attached hydrogens (tertiary/aromatic N) is 3. The van der Waals surface area contributed by atoms with Gasteiger partial charge in [0.2, 0.25) is 0 Å². The molecule has 1 aliphatic heterocycles. The first-order valence-electron chi connectivity index (χ1n) is 6.04. The van der Waals surface area contributed by atoms with E-state index in [0.29, 0.717) is 5.82 Å². The number of hydrogen-bond acceptors (Lipinski definition) is 3. The maximum atomic E-state index is 12.1. The van der Waals surface area contributed by atoms with Crippen molar-refractivity contribution in [1.29, 1.82) is 0 Å². The Kier molecular flexibility index (Phi) is 3.56. The molecule has 2 heterocycles. The first-order chi connectivity index (χ1) is 8.18. The molecule has 0 aromatic carbocycles. The zero-order valence-electron chi connectivity index (χ0n) is 10.3. The third kappa shape index (κ3) is 2.72. The van der Waals surface area contributed by atoms with Crippen LogP contribution in [-0.4, -0.2) is 33.0 Å².